The Morgan fingerprint density at radius 1 is 1.38 bits per heavy atom. The zero-order valence-electron chi connectivity index (χ0n) is 8.50. The summed E-state index contributed by atoms with van der Waals surface area (Å²) in [5, 5.41) is 3.53. The number of halogens is 2. The first-order chi connectivity index (χ1) is 7.77. The highest BCUT2D eigenvalue weighted by Crippen LogP contribution is 2.18. The van der Waals surface area contributed by atoms with Crippen LogP contribution in [0.3, 0.4) is 0 Å². The van der Waals surface area contributed by atoms with Crippen molar-refractivity contribution in [3.63, 3.8) is 0 Å². The lowest BCUT2D eigenvalue weighted by atomic mass is 10.2. The Bertz CT molecular complexity index is 436. The molecule has 2 N–H and O–H groups in total. The Balaban J connectivity index is 1.95. The van der Waals surface area contributed by atoms with Crippen molar-refractivity contribution in [2.45, 2.75) is 13.1 Å². The van der Waals surface area contributed by atoms with Crippen molar-refractivity contribution < 1.29 is 4.39 Å². The van der Waals surface area contributed by atoms with Gasteiger partial charge in [-0.05, 0) is 12.1 Å². The van der Waals surface area contributed by atoms with Crippen molar-refractivity contribution in [1.29, 1.82) is 0 Å². The lowest BCUT2D eigenvalue weighted by molar-refractivity contribution is 0.586. The lowest BCUT2D eigenvalue weighted by Gasteiger charge is -2.06. The molecule has 0 aliphatic heterocycles. The second-order valence-electron chi connectivity index (χ2n) is 3.38. The van der Waals surface area contributed by atoms with Crippen LogP contribution in [0, 0.1) is 5.82 Å². The van der Waals surface area contributed by atoms with Crippen molar-refractivity contribution in [2.75, 3.05) is 0 Å². The summed E-state index contributed by atoms with van der Waals surface area (Å²) in [5.41, 5.74) is 1.44. The van der Waals surface area contributed by atoms with Gasteiger partial charge < -0.3 is 10.3 Å². The van der Waals surface area contributed by atoms with Crippen LogP contribution in [0.4, 0.5) is 4.39 Å². The normalized spacial score (nSPS) is 10.6. The molecule has 5 heteroatoms. The number of imidazole rings is 1. The number of H-pyrrole nitrogens is 1. The van der Waals surface area contributed by atoms with E-state index in [1.165, 1.54) is 6.07 Å². The van der Waals surface area contributed by atoms with E-state index in [1.807, 2.05) is 0 Å². The zero-order chi connectivity index (χ0) is 11.4. The van der Waals surface area contributed by atoms with Crippen molar-refractivity contribution in [3.8, 4) is 0 Å². The highest BCUT2D eigenvalue weighted by Gasteiger charge is 2.05. The molecule has 1 aromatic carbocycles. The van der Waals surface area contributed by atoms with E-state index in [9.17, 15) is 4.39 Å². The van der Waals surface area contributed by atoms with Crippen LogP contribution in [0.1, 0.15) is 11.3 Å². The number of nitrogens with zero attached hydrogens (tertiary/aromatic N) is 1. The van der Waals surface area contributed by atoms with Crippen LogP contribution >= 0.6 is 11.6 Å². The van der Waals surface area contributed by atoms with Gasteiger partial charge in [0, 0.05) is 35.6 Å². The summed E-state index contributed by atoms with van der Waals surface area (Å²) >= 11 is 5.89. The second kappa shape index (κ2) is 5.09. The van der Waals surface area contributed by atoms with E-state index in [0.29, 0.717) is 23.7 Å². The fourth-order valence-electron chi connectivity index (χ4n) is 1.40. The first kappa shape index (κ1) is 11.1. The zero-order valence-corrected chi connectivity index (χ0v) is 9.26. The van der Waals surface area contributed by atoms with Gasteiger partial charge in [-0.3, -0.25) is 0 Å². The molecule has 16 heavy (non-hydrogen) atoms. The largest absolute Gasteiger partial charge is 0.347 e. The molecule has 0 aliphatic carbocycles. The summed E-state index contributed by atoms with van der Waals surface area (Å²) in [5.74, 6) is -0.287. The average molecular weight is 240 g/mol. The predicted molar refractivity (Wildman–Crippen MR) is 60.5 cm³/mol. The minimum atomic E-state index is -0.287. The molecular formula is C11H11ClFN3. The summed E-state index contributed by atoms with van der Waals surface area (Å²) in [6, 6.07) is 4.67. The van der Waals surface area contributed by atoms with Crippen LogP contribution in [-0.4, -0.2) is 9.97 Å². The summed E-state index contributed by atoms with van der Waals surface area (Å²) in [6.07, 6.45) is 3.32. The molecule has 0 bridgehead atoms. The van der Waals surface area contributed by atoms with Gasteiger partial charge in [-0.2, -0.15) is 0 Å². The standard InChI is InChI=1S/C11H11ClFN3/c12-10-2-1-3-11(13)9(10)6-14-4-8-5-15-7-16-8/h1-3,5,7,14H,4,6H2,(H,15,16). The maximum Gasteiger partial charge on any atom is 0.129 e. The van der Waals surface area contributed by atoms with Crippen molar-refractivity contribution in [3.05, 3.63) is 52.8 Å². The van der Waals surface area contributed by atoms with Crippen molar-refractivity contribution in [1.82, 2.24) is 15.3 Å². The third-order valence-electron chi connectivity index (χ3n) is 2.23. The maximum absolute atomic E-state index is 13.4. The van der Waals surface area contributed by atoms with Crippen LogP contribution in [-0.2, 0) is 13.1 Å². The molecule has 0 saturated heterocycles. The number of hydrogen-bond acceptors (Lipinski definition) is 2. The molecule has 0 radical (unpaired) electrons. The molecule has 2 aromatic rings. The van der Waals surface area contributed by atoms with E-state index in [1.54, 1.807) is 24.7 Å². The Kier molecular flexibility index (Phi) is 3.54. The van der Waals surface area contributed by atoms with Crippen LogP contribution in [0.25, 0.3) is 0 Å². The van der Waals surface area contributed by atoms with Crippen molar-refractivity contribution in [2.24, 2.45) is 0 Å². The molecule has 0 unspecified atom stereocenters. The van der Waals surface area contributed by atoms with E-state index >= 15 is 0 Å². The first-order valence-electron chi connectivity index (χ1n) is 4.88. The molecular weight excluding hydrogens is 229 g/mol. The number of aromatic amines is 1. The fraction of sp³-hybridized carbons (Fsp3) is 0.182. The number of benzene rings is 1. The Morgan fingerprint density at radius 2 is 2.25 bits per heavy atom. The molecule has 1 aromatic heterocycles. The van der Waals surface area contributed by atoms with Gasteiger partial charge in [0.1, 0.15) is 5.82 Å². The Morgan fingerprint density at radius 3 is 2.94 bits per heavy atom. The number of hydrogen-bond donors (Lipinski definition) is 2. The number of nitrogens with one attached hydrogen (secondary N) is 2. The van der Waals surface area contributed by atoms with E-state index in [4.69, 9.17) is 11.6 Å². The van der Waals surface area contributed by atoms with Gasteiger partial charge in [-0.1, -0.05) is 17.7 Å². The molecule has 3 nitrogen and oxygen atoms in total. The van der Waals surface area contributed by atoms with Gasteiger partial charge in [0.25, 0.3) is 0 Å². The molecule has 0 saturated carbocycles. The Hall–Kier alpha value is -1.39. The molecule has 0 amide bonds. The van der Waals surface area contributed by atoms with Gasteiger partial charge >= 0.3 is 0 Å². The molecule has 2 rings (SSSR count). The highest BCUT2D eigenvalue weighted by molar-refractivity contribution is 6.31. The molecule has 1 heterocycles. The molecule has 0 fully saturated rings. The molecule has 0 atom stereocenters. The minimum Gasteiger partial charge on any atom is -0.347 e. The van der Waals surface area contributed by atoms with Crippen molar-refractivity contribution >= 4 is 11.6 Å². The monoisotopic (exact) mass is 239 g/mol. The van der Waals surface area contributed by atoms with E-state index in [0.717, 1.165) is 5.69 Å². The van der Waals surface area contributed by atoms with Crippen LogP contribution < -0.4 is 5.32 Å². The Labute approximate surface area is 97.7 Å². The number of aromatic nitrogens is 2. The first-order valence-corrected chi connectivity index (χ1v) is 5.26. The average Bonchev–Trinajstić information content (AvgIpc) is 2.75. The van der Waals surface area contributed by atoms with E-state index in [2.05, 4.69) is 15.3 Å². The van der Waals surface area contributed by atoms with Gasteiger partial charge in [0.15, 0.2) is 0 Å². The van der Waals surface area contributed by atoms with Gasteiger partial charge in [-0.25, -0.2) is 9.37 Å². The maximum atomic E-state index is 13.4. The summed E-state index contributed by atoms with van der Waals surface area (Å²) in [4.78, 5) is 6.84. The third-order valence-corrected chi connectivity index (χ3v) is 2.59. The second-order valence-corrected chi connectivity index (χ2v) is 3.79. The molecule has 84 valence electrons. The predicted octanol–water partition coefficient (Wildman–Crippen LogP) is 2.49. The summed E-state index contributed by atoms with van der Waals surface area (Å²) in [6.45, 7) is 0.995. The highest BCUT2D eigenvalue weighted by atomic mass is 35.5. The van der Waals surface area contributed by atoms with Gasteiger partial charge in [-0.15, -0.1) is 0 Å². The SMILES string of the molecule is Fc1cccc(Cl)c1CNCc1cnc[nH]1. The third kappa shape index (κ3) is 2.59. The minimum absolute atomic E-state index is 0.287. The topological polar surface area (TPSA) is 40.7 Å². The smallest absolute Gasteiger partial charge is 0.129 e. The molecule has 0 aliphatic rings. The summed E-state index contributed by atoms with van der Waals surface area (Å²) in [7, 11) is 0. The fourth-order valence-corrected chi connectivity index (χ4v) is 1.63. The van der Waals surface area contributed by atoms with Crippen LogP contribution in [0.15, 0.2) is 30.7 Å². The lowest BCUT2D eigenvalue weighted by Crippen LogP contribution is -2.14. The summed E-state index contributed by atoms with van der Waals surface area (Å²) < 4.78 is 13.4. The number of rotatable bonds is 4. The van der Waals surface area contributed by atoms with E-state index in [-0.39, 0.29) is 5.82 Å². The van der Waals surface area contributed by atoms with E-state index < -0.39 is 0 Å². The van der Waals surface area contributed by atoms with Gasteiger partial charge in [0.2, 0.25) is 0 Å². The van der Waals surface area contributed by atoms with Crippen LogP contribution in [0.2, 0.25) is 5.02 Å². The quantitative estimate of drug-likeness (QED) is 0.861. The van der Waals surface area contributed by atoms with Crippen LogP contribution in [0.5, 0.6) is 0 Å². The van der Waals surface area contributed by atoms with Gasteiger partial charge in [0.05, 0.1) is 6.33 Å². The molecule has 0 spiro atoms.